The first-order valence-corrected chi connectivity index (χ1v) is 17.0. The van der Waals surface area contributed by atoms with E-state index in [-0.39, 0.29) is 18.2 Å². The lowest BCUT2D eigenvalue weighted by atomic mass is 10.00. The van der Waals surface area contributed by atoms with Crippen LogP contribution >= 0.6 is 0 Å². The standard InChI is InChI=1S/C40H43F2N5O3/c1-5-47(6-2)18-17-45-40(50)37-25(3)19-29(26(37)4)22-33-31-13-11-27(20-30(31)23-36(33)48)9-7-15-43-38-32(10-8-16-44-38)39(49)46-24-28-12-14-34(41)35(42)21-28/h7-14,16,20-22H,5-6,15,17-19,23-24H2,1-4H3,(H,43,44)(H,45,50)(H,46,49)/b9-7+,33-22-. The van der Waals surface area contributed by atoms with Gasteiger partial charge >= 0.3 is 0 Å². The summed E-state index contributed by atoms with van der Waals surface area (Å²) >= 11 is 0. The van der Waals surface area contributed by atoms with Gasteiger partial charge in [-0.15, -0.1) is 0 Å². The summed E-state index contributed by atoms with van der Waals surface area (Å²) in [5.41, 5.74) is 7.87. The normalized spacial score (nSPS) is 15.1. The maximum absolute atomic E-state index is 13.5. The number of hydrogen-bond donors (Lipinski definition) is 3. The fraction of sp³-hybridized carbons (Fsp3) is 0.300. The molecule has 0 bridgehead atoms. The van der Waals surface area contributed by atoms with E-state index < -0.39 is 17.5 Å². The molecule has 8 nitrogen and oxygen atoms in total. The summed E-state index contributed by atoms with van der Waals surface area (Å²) in [7, 11) is 0. The van der Waals surface area contributed by atoms with E-state index in [9.17, 15) is 23.2 Å². The number of nitrogens with zero attached hydrogens (tertiary/aromatic N) is 2. The van der Waals surface area contributed by atoms with E-state index in [1.807, 2.05) is 50.3 Å². The molecule has 0 unspecified atom stereocenters. The number of aromatic nitrogens is 1. The molecule has 0 atom stereocenters. The molecule has 2 amide bonds. The third-order valence-electron chi connectivity index (χ3n) is 9.15. The SMILES string of the molecule is CCN(CC)CCNC(=O)C1=C(C)CC(/C=C2\C(=O)Cc3cc(/C=C/CNc4ncccc4C(=O)NCc4ccc(F)c(F)c4)ccc32)=C1C. The summed E-state index contributed by atoms with van der Waals surface area (Å²) in [6.45, 7) is 11.9. The van der Waals surface area contributed by atoms with Gasteiger partial charge in [0.2, 0.25) is 0 Å². The highest BCUT2D eigenvalue weighted by Gasteiger charge is 2.28. The van der Waals surface area contributed by atoms with Gasteiger partial charge in [-0.1, -0.05) is 55.8 Å². The van der Waals surface area contributed by atoms with Gasteiger partial charge in [0.1, 0.15) is 5.82 Å². The van der Waals surface area contributed by atoms with E-state index in [2.05, 4.69) is 39.7 Å². The quantitative estimate of drug-likeness (QED) is 0.170. The van der Waals surface area contributed by atoms with Gasteiger partial charge in [0, 0.05) is 49.9 Å². The number of carbonyl (C=O) groups excluding carboxylic acids is 3. The minimum absolute atomic E-state index is 0.0331. The lowest BCUT2D eigenvalue weighted by Crippen LogP contribution is -2.35. The Morgan fingerprint density at radius 2 is 1.76 bits per heavy atom. The van der Waals surface area contributed by atoms with Gasteiger partial charge in [0.05, 0.1) is 5.56 Å². The lowest BCUT2D eigenvalue weighted by molar-refractivity contribution is -0.117. The molecule has 2 aromatic carbocycles. The van der Waals surface area contributed by atoms with E-state index >= 15 is 0 Å². The Balaban J connectivity index is 1.19. The van der Waals surface area contributed by atoms with E-state index in [1.54, 1.807) is 18.3 Å². The molecular weight excluding hydrogens is 636 g/mol. The van der Waals surface area contributed by atoms with Gasteiger partial charge in [0.25, 0.3) is 11.8 Å². The zero-order chi connectivity index (χ0) is 35.8. The van der Waals surface area contributed by atoms with E-state index in [4.69, 9.17) is 0 Å². The van der Waals surface area contributed by atoms with Crippen molar-refractivity contribution >= 4 is 35.1 Å². The fourth-order valence-electron chi connectivity index (χ4n) is 6.35. The van der Waals surface area contributed by atoms with Gasteiger partial charge in [-0.3, -0.25) is 14.4 Å². The summed E-state index contributed by atoms with van der Waals surface area (Å²) < 4.78 is 26.8. The Hall–Kier alpha value is -5.22. The summed E-state index contributed by atoms with van der Waals surface area (Å²) in [5, 5.41) is 8.94. The zero-order valence-electron chi connectivity index (χ0n) is 29.0. The van der Waals surface area contributed by atoms with Gasteiger partial charge in [-0.2, -0.15) is 0 Å². The minimum Gasteiger partial charge on any atom is -0.366 e. The second-order valence-electron chi connectivity index (χ2n) is 12.5. The number of amides is 2. The van der Waals surface area contributed by atoms with Crippen molar-refractivity contribution < 1.29 is 23.2 Å². The van der Waals surface area contributed by atoms with Crippen molar-refractivity contribution in [2.75, 3.05) is 38.0 Å². The van der Waals surface area contributed by atoms with Gasteiger partial charge in [0.15, 0.2) is 17.4 Å². The summed E-state index contributed by atoms with van der Waals surface area (Å²) in [6, 6.07) is 12.7. The third kappa shape index (κ3) is 8.49. The average Bonchev–Trinajstić information content (AvgIpc) is 3.57. The van der Waals surface area contributed by atoms with Crippen LogP contribution in [0.3, 0.4) is 0 Å². The Kier molecular flexibility index (Phi) is 11.9. The molecule has 0 radical (unpaired) electrons. The predicted molar refractivity (Wildman–Crippen MR) is 193 cm³/mol. The van der Waals surface area contributed by atoms with Crippen molar-refractivity contribution in [3.05, 3.63) is 129 Å². The van der Waals surface area contributed by atoms with Crippen molar-refractivity contribution in [1.82, 2.24) is 20.5 Å². The number of halogens is 2. The molecule has 0 saturated carbocycles. The Morgan fingerprint density at radius 1 is 0.960 bits per heavy atom. The van der Waals surface area contributed by atoms with Crippen LogP contribution in [0.2, 0.25) is 0 Å². The van der Waals surface area contributed by atoms with Crippen molar-refractivity contribution in [3.63, 3.8) is 0 Å². The fourth-order valence-corrected chi connectivity index (χ4v) is 6.35. The zero-order valence-corrected chi connectivity index (χ0v) is 29.0. The highest BCUT2D eigenvalue weighted by atomic mass is 19.2. The number of carbonyl (C=O) groups is 3. The molecular formula is C40H43F2N5O3. The number of allylic oxidation sites excluding steroid dienone is 4. The number of Topliss-reactive ketones (excluding diaryl/α,β-unsaturated/α-hetero) is 1. The van der Waals surface area contributed by atoms with Crippen LogP contribution in [-0.4, -0.2) is 60.2 Å². The lowest BCUT2D eigenvalue weighted by Gasteiger charge is -2.18. The number of rotatable bonds is 14. The first kappa shape index (κ1) is 36.1. The third-order valence-corrected chi connectivity index (χ3v) is 9.15. The van der Waals surface area contributed by atoms with Gasteiger partial charge in [-0.05, 0) is 97.1 Å². The number of hydrogen-bond acceptors (Lipinski definition) is 6. The highest BCUT2D eigenvalue weighted by Crippen LogP contribution is 2.37. The number of ketones is 1. The Bertz CT molecular complexity index is 1920. The summed E-state index contributed by atoms with van der Waals surface area (Å²) in [6.07, 6.45) is 8.33. The van der Waals surface area contributed by atoms with Crippen LogP contribution in [0.5, 0.6) is 0 Å². The van der Waals surface area contributed by atoms with E-state index in [0.29, 0.717) is 48.4 Å². The molecule has 260 valence electrons. The second-order valence-corrected chi connectivity index (χ2v) is 12.5. The molecule has 10 heteroatoms. The molecule has 2 aliphatic rings. The van der Waals surface area contributed by atoms with Gasteiger partial charge in [-0.25, -0.2) is 13.8 Å². The van der Waals surface area contributed by atoms with Crippen LogP contribution < -0.4 is 16.0 Å². The topological polar surface area (TPSA) is 103 Å². The van der Waals surface area contributed by atoms with Crippen LogP contribution in [0.4, 0.5) is 14.6 Å². The summed E-state index contributed by atoms with van der Waals surface area (Å²) in [4.78, 5) is 45.6. The van der Waals surface area contributed by atoms with Crippen LogP contribution in [0, 0.1) is 11.6 Å². The van der Waals surface area contributed by atoms with Crippen LogP contribution in [0.1, 0.15) is 66.7 Å². The Morgan fingerprint density at radius 3 is 2.52 bits per heavy atom. The van der Waals surface area contributed by atoms with Crippen LogP contribution in [0.15, 0.2) is 89.2 Å². The highest BCUT2D eigenvalue weighted by molar-refractivity contribution is 6.26. The van der Waals surface area contributed by atoms with E-state index in [0.717, 1.165) is 70.7 Å². The minimum atomic E-state index is -0.971. The number of anilines is 1. The Labute approximate surface area is 292 Å². The molecule has 1 heterocycles. The number of nitrogens with one attached hydrogen (secondary N) is 3. The molecule has 0 spiro atoms. The molecule has 50 heavy (non-hydrogen) atoms. The molecule has 3 aromatic rings. The van der Waals surface area contributed by atoms with Crippen molar-refractivity contribution in [3.8, 4) is 0 Å². The molecule has 5 rings (SSSR count). The van der Waals surface area contributed by atoms with Crippen molar-refractivity contribution in [2.24, 2.45) is 0 Å². The first-order chi connectivity index (χ1) is 24.1. The molecule has 3 N–H and O–H groups in total. The largest absolute Gasteiger partial charge is 0.366 e. The average molecular weight is 680 g/mol. The maximum Gasteiger partial charge on any atom is 0.255 e. The smallest absolute Gasteiger partial charge is 0.255 e. The molecule has 0 saturated heterocycles. The van der Waals surface area contributed by atoms with Crippen molar-refractivity contribution in [2.45, 2.75) is 47.1 Å². The predicted octanol–water partition coefficient (Wildman–Crippen LogP) is 6.42. The van der Waals surface area contributed by atoms with Crippen molar-refractivity contribution in [1.29, 1.82) is 0 Å². The second kappa shape index (κ2) is 16.5. The molecule has 0 aliphatic heterocycles. The number of fused-ring (bicyclic) bond motifs is 1. The summed E-state index contributed by atoms with van der Waals surface area (Å²) in [5.74, 6) is -1.94. The van der Waals surface area contributed by atoms with Crippen LogP contribution in [0.25, 0.3) is 11.6 Å². The monoisotopic (exact) mass is 679 g/mol. The number of likely N-dealkylation sites (N-methyl/N-ethyl adjacent to an activating group) is 1. The van der Waals surface area contributed by atoms with Crippen LogP contribution in [-0.2, 0) is 22.6 Å². The molecule has 1 aromatic heterocycles. The number of pyridine rings is 1. The maximum atomic E-state index is 13.5. The van der Waals surface area contributed by atoms with Gasteiger partial charge < -0.3 is 20.9 Å². The van der Waals surface area contributed by atoms with E-state index in [1.165, 1.54) is 6.07 Å². The molecule has 0 fully saturated rings. The number of benzene rings is 2. The first-order valence-electron chi connectivity index (χ1n) is 17.0. The molecule has 2 aliphatic carbocycles.